The average Bonchev–Trinajstić information content (AvgIpc) is 4.04. The number of anilines is 6. The van der Waals surface area contributed by atoms with Crippen molar-refractivity contribution < 1.29 is 0 Å². The third-order valence-corrected chi connectivity index (χ3v) is 14.8. The van der Waals surface area contributed by atoms with Crippen LogP contribution in [0.4, 0.5) is 34.1 Å². The van der Waals surface area contributed by atoms with Crippen LogP contribution in [0, 0.1) is 0 Å². The van der Waals surface area contributed by atoms with E-state index in [1.807, 2.05) is 0 Å². The van der Waals surface area contributed by atoms with Crippen molar-refractivity contribution in [2.75, 3.05) is 9.80 Å². The molecule has 1 unspecified atom stereocenters. The van der Waals surface area contributed by atoms with E-state index in [4.69, 9.17) is 0 Å². The lowest BCUT2D eigenvalue weighted by Gasteiger charge is -2.36. The van der Waals surface area contributed by atoms with Gasteiger partial charge in [-0.15, -0.1) is 0 Å². The van der Waals surface area contributed by atoms with Gasteiger partial charge in [-0.2, -0.15) is 0 Å². The smallest absolute Gasteiger partial charge is 0.0746 e. The van der Waals surface area contributed by atoms with Crippen molar-refractivity contribution in [3.05, 3.63) is 295 Å². The van der Waals surface area contributed by atoms with Gasteiger partial charge in [0.2, 0.25) is 0 Å². The monoisotopic (exact) mass is 891 g/mol. The van der Waals surface area contributed by atoms with Crippen LogP contribution in [0.25, 0.3) is 60.9 Å². The topological polar surface area (TPSA) is 11.4 Å². The second-order valence-electron chi connectivity index (χ2n) is 18.4. The van der Waals surface area contributed by atoms with Crippen LogP contribution in [0.5, 0.6) is 0 Å². The molecule has 0 N–H and O–H groups in total. The van der Waals surface area contributed by atoms with Gasteiger partial charge in [-0.3, -0.25) is 0 Å². The molecule has 11 aromatic carbocycles. The molecule has 1 atom stereocenters. The van der Waals surface area contributed by atoms with E-state index >= 15 is 0 Å². The summed E-state index contributed by atoms with van der Waals surface area (Å²) in [4.78, 5) is 4.92. The number of aromatic nitrogens is 1. The molecular weight excluding hydrogens is 847 g/mol. The first-order valence-corrected chi connectivity index (χ1v) is 24.2. The van der Waals surface area contributed by atoms with Crippen LogP contribution in [0.15, 0.2) is 273 Å². The van der Waals surface area contributed by atoms with Gasteiger partial charge in [0.25, 0.3) is 0 Å². The second kappa shape index (κ2) is 16.0. The molecule has 0 bridgehead atoms. The molecule has 2 aliphatic carbocycles. The van der Waals surface area contributed by atoms with Crippen LogP contribution >= 0.6 is 0 Å². The number of fused-ring (bicyclic) bond motifs is 13. The Balaban J connectivity index is 1.06. The number of hydrogen-bond donors (Lipinski definition) is 0. The van der Waals surface area contributed by atoms with E-state index in [2.05, 4.69) is 287 Å². The summed E-state index contributed by atoms with van der Waals surface area (Å²) in [5, 5.41) is 2.45. The van der Waals surface area contributed by atoms with E-state index < -0.39 is 5.41 Å². The summed E-state index contributed by atoms with van der Waals surface area (Å²) in [6, 6.07) is 100. The molecule has 3 nitrogen and oxygen atoms in total. The average molecular weight is 892 g/mol. The van der Waals surface area contributed by atoms with Gasteiger partial charge < -0.3 is 14.4 Å². The van der Waals surface area contributed by atoms with Crippen LogP contribution < -0.4 is 9.80 Å². The SMILES string of the molecule is c1ccc(-c2ccc(N(c3ccc4c5ccccc5n(-c5ccccc5)c4c3)c3cccc4c3C3(c5ccccc5-c5ccc(N(c6ccccc6)c6ccccc6)cc53)c3ccccc3-4)cc2)cc1. The van der Waals surface area contributed by atoms with Crippen molar-refractivity contribution in [2.45, 2.75) is 5.41 Å². The highest BCUT2D eigenvalue weighted by molar-refractivity contribution is 6.11. The van der Waals surface area contributed by atoms with Crippen LogP contribution in [0.3, 0.4) is 0 Å². The van der Waals surface area contributed by atoms with Crippen molar-refractivity contribution in [1.29, 1.82) is 0 Å². The van der Waals surface area contributed by atoms with E-state index in [1.165, 1.54) is 71.9 Å². The number of benzene rings is 11. The molecule has 1 spiro atoms. The number of rotatable bonds is 8. The summed E-state index contributed by atoms with van der Waals surface area (Å²) in [7, 11) is 0. The first-order valence-electron chi connectivity index (χ1n) is 24.2. The van der Waals surface area contributed by atoms with E-state index in [-0.39, 0.29) is 0 Å². The highest BCUT2D eigenvalue weighted by Gasteiger charge is 2.53. The molecule has 328 valence electrons. The van der Waals surface area contributed by atoms with Gasteiger partial charge in [0, 0.05) is 50.5 Å². The summed E-state index contributed by atoms with van der Waals surface area (Å²) >= 11 is 0. The van der Waals surface area contributed by atoms with Crippen molar-refractivity contribution in [3.8, 4) is 39.1 Å². The quantitative estimate of drug-likeness (QED) is 0.151. The molecular formula is C67H45N3. The first-order chi connectivity index (χ1) is 34.8. The minimum atomic E-state index is -0.658. The molecule has 0 aliphatic heterocycles. The molecule has 3 heteroatoms. The Hall–Kier alpha value is -9.18. The van der Waals surface area contributed by atoms with Gasteiger partial charge in [-0.25, -0.2) is 0 Å². The molecule has 0 radical (unpaired) electrons. The predicted molar refractivity (Wildman–Crippen MR) is 292 cm³/mol. The van der Waals surface area contributed by atoms with Crippen molar-refractivity contribution in [3.63, 3.8) is 0 Å². The Morgan fingerprint density at radius 2 is 0.771 bits per heavy atom. The van der Waals surface area contributed by atoms with Gasteiger partial charge in [0.1, 0.15) is 0 Å². The maximum absolute atomic E-state index is 2.53. The van der Waals surface area contributed by atoms with Crippen LogP contribution in [0.2, 0.25) is 0 Å². The Morgan fingerprint density at radius 1 is 0.286 bits per heavy atom. The third kappa shape index (κ3) is 5.95. The number of nitrogens with zero attached hydrogens (tertiary/aromatic N) is 3. The van der Waals surface area contributed by atoms with Crippen LogP contribution in [0.1, 0.15) is 22.3 Å². The molecule has 1 heterocycles. The Morgan fingerprint density at radius 3 is 1.47 bits per heavy atom. The fraction of sp³-hybridized carbons (Fsp3) is 0.0149. The van der Waals surface area contributed by atoms with Gasteiger partial charge in [-0.1, -0.05) is 188 Å². The highest BCUT2D eigenvalue weighted by Crippen LogP contribution is 2.66. The third-order valence-electron chi connectivity index (χ3n) is 14.8. The van der Waals surface area contributed by atoms with Crippen LogP contribution in [-0.2, 0) is 5.41 Å². The summed E-state index contributed by atoms with van der Waals surface area (Å²) in [6.07, 6.45) is 0. The fourth-order valence-electron chi connectivity index (χ4n) is 11.9. The lowest BCUT2D eigenvalue weighted by atomic mass is 9.69. The number of hydrogen-bond acceptors (Lipinski definition) is 2. The Kier molecular flexibility index (Phi) is 9.11. The standard InChI is InChI=1S/C67H45N3/c1-5-20-46(21-6-1)47-36-38-51(39-37-47)69(53-41-43-58-57-30-15-18-34-63(57)70(65(58)45-53)50-26-11-4-12-27-50)64-35-19-31-59-55-29-14-17-33-61(55)67(66(59)64)60-32-16-13-28-54(60)56-42-40-52(44-62(56)67)68(48-22-7-2-8-23-48)49-24-9-3-10-25-49/h1-45H. The zero-order chi connectivity index (χ0) is 46.2. The second-order valence-corrected chi connectivity index (χ2v) is 18.4. The Labute approximate surface area is 408 Å². The maximum atomic E-state index is 2.53. The zero-order valence-electron chi connectivity index (χ0n) is 38.3. The van der Waals surface area contributed by atoms with Crippen LogP contribution in [-0.4, -0.2) is 4.57 Å². The lowest BCUT2D eigenvalue weighted by Crippen LogP contribution is -2.28. The van der Waals surface area contributed by atoms with Gasteiger partial charge in [0.15, 0.2) is 0 Å². The molecule has 1 aromatic heterocycles. The highest BCUT2D eigenvalue weighted by atomic mass is 15.2. The zero-order valence-corrected chi connectivity index (χ0v) is 38.3. The molecule has 0 amide bonds. The van der Waals surface area contributed by atoms with E-state index in [1.54, 1.807) is 0 Å². The summed E-state index contributed by atoms with van der Waals surface area (Å²) in [5.41, 5.74) is 22.0. The molecule has 0 saturated carbocycles. The van der Waals surface area contributed by atoms with E-state index in [0.29, 0.717) is 0 Å². The molecule has 12 aromatic rings. The van der Waals surface area contributed by atoms with Gasteiger partial charge in [-0.05, 0) is 135 Å². The molecule has 70 heavy (non-hydrogen) atoms. The minimum Gasteiger partial charge on any atom is -0.310 e. The van der Waals surface area contributed by atoms with Gasteiger partial charge >= 0.3 is 0 Å². The van der Waals surface area contributed by atoms with Gasteiger partial charge in [0.05, 0.1) is 22.1 Å². The van der Waals surface area contributed by atoms with Crippen molar-refractivity contribution in [2.24, 2.45) is 0 Å². The lowest BCUT2D eigenvalue weighted by molar-refractivity contribution is 0.793. The molecule has 0 fully saturated rings. The summed E-state index contributed by atoms with van der Waals surface area (Å²) in [5.74, 6) is 0. The molecule has 14 rings (SSSR count). The summed E-state index contributed by atoms with van der Waals surface area (Å²) < 4.78 is 2.42. The summed E-state index contributed by atoms with van der Waals surface area (Å²) in [6.45, 7) is 0. The predicted octanol–water partition coefficient (Wildman–Crippen LogP) is 17.7. The first kappa shape index (κ1) is 39.9. The minimum absolute atomic E-state index is 0.658. The number of para-hydroxylation sites is 4. The normalized spacial score (nSPS) is 14.1. The maximum Gasteiger partial charge on any atom is 0.0746 e. The fourth-order valence-corrected chi connectivity index (χ4v) is 11.9. The van der Waals surface area contributed by atoms with E-state index in [0.717, 1.165) is 45.3 Å². The molecule has 0 saturated heterocycles. The van der Waals surface area contributed by atoms with Crippen molar-refractivity contribution in [1.82, 2.24) is 4.57 Å². The largest absolute Gasteiger partial charge is 0.310 e. The Bertz CT molecular complexity index is 3880. The van der Waals surface area contributed by atoms with E-state index in [9.17, 15) is 0 Å². The van der Waals surface area contributed by atoms with Crippen molar-refractivity contribution >= 4 is 55.9 Å². The molecule has 2 aliphatic rings.